The molecule has 0 bridgehead atoms. The van der Waals surface area contributed by atoms with Crippen LogP contribution in [0, 0.1) is 6.92 Å². The highest BCUT2D eigenvalue weighted by Crippen LogP contribution is 2.22. The summed E-state index contributed by atoms with van der Waals surface area (Å²) in [5.41, 5.74) is 0.632. The van der Waals surface area contributed by atoms with Crippen molar-refractivity contribution in [2.45, 2.75) is 11.8 Å². The molecule has 5 nitrogen and oxygen atoms in total. The van der Waals surface area contributed by atoms with E-state index < -0.39 is 15.1 Å². The molecule has 88 valence electrons. The van der Waals surface area contributed by atoms with Crippen LogP contribution in [0.2, 0.25) is 0 Å². The predicted molar refractivity (Wildman–Crippen MR) is 57.3 cm³/mol. The summed E-state index contributed by atoms with van der Waals surface area (Å²) in [5.74, 6) is 0.559. The fourth-order valence-corrected chi connectivity index (χ4v) is 2.21. The van der Waals surface area contributed by atoms with Gasteiger partial charge in [0.2, 0.25) is 0 Å². The van der Waals surface area contributed by atoms with E-state index in [0.717, 1.165) is 7.11 Å². The van der Waals surface area contributed by atoms with Crippen LogP contribution in [0.3, 0.4) is 0 Å². The van der Waals surface area contributed by atoms with Crippen LogP contribution in [0.5, 0.6) is 5.75 Å². The average molecular weight is 244 g/mol. The van der Waals surface area contributed by atoms with Crippen molar-refractivity contribution in [3.63, 3.8) is 0 Å². The summed E-state index contributed by atoms with van der Waals surface area (Å²) in [7, 11) is -1.55. The molecule has 0 aliphatic rings. The van der Waals surface area contributed by atoms with Crippen molar-refractivity contribution >= 4 is 15.1 Å². The zero-order valence-corrected chi connectivity index (χ0v) is 10.00. The lowest BCUT2D eigenvalue weighted by Gasteiger charge is -2.06. The minimum absolute atomic E-state index is 0.0994. The van der Waals surface area contributed by atoms with Gasteiger partial charge in [0, 0.05) is 0 Å². The van der Waals surface area contributed by atoms with E-state index in [4.69, 9.17) is 4.74 Å². The number of hydrogen-bond donors (Lipinski definition) is 0. The minimum Gasteiger partial charge on any atom is -0.496 e. The van der Waals surface area contributed by atoms with Gasteiger partial charge in [0.15, 0.2) is 0 Å². The molecule has 6 heteroatoms. The molecule has 0 unspecified atom stereocenters. The van der Waals surface area contributed by atoms with Crippen LogP contribution < -0.4 is 4.74 Å². The van der Waals surface area contributed by atoms with Crippen LogP contribution >= 0.6 is 0 Å². The first-order chi connectivity index (χ1) is 7.43. The second-order valence-electron chi connectivity index (χ2n) is 3.09. The molecule has 0 aliphatic heterocycles. The highest BCUT2D eigenvalue weighted by molar-refractivity contribution is 8.05. The van der Waals surface area contributed by atoms with Gasteiger partial charge < -0.3 is 9.47 Å². The normalized spacial score (nSPS) is 10.9. The second kappa shape index (κ2) is 4.52. The Bertz CT molecular complexity index is 504. The maximum absolute atomic E-state index is 11.6. The Morgan fingerprint density at radius 3 is 2.31 bits per heavy atom. The van der Waals surface area contributed by atoms with E-state index in [2.05, 4.69) is 4.74 Å². The van der Waals surface area contributed by atoms with Crippen LogP contribution in [0.4, 0.5) is 4.79 Å². The van der Waals surface area contributed by atoms with Gasteiger partial charge in [-0.2, -0.15) is 0 Å². The lowest BCUT2D eigenvalue weighted by atomic mass is 10.2. The van der Waals surface area contributed by atoms with Crippen LogP contribution in [0.1, 0.15) is 5.56 Å². The molecule has 0 saturated heterocycles. The zero-order valence-electron chi connectivity index (χ0n) is 9.18. The molecule has 1 aromatic carbocycles. The zero-order chi connectivity index (χ0) is 12.3. The molecule has 0 atom stereocenters. The molecule has 0 spiro atoms. The van der Waals surface area contributed by atoms with Crippen LogP contribution in [-0.4, -0.2) is 27.9 Å². The van der Waals surface area contributed by atoms with Crippen LogP contribution in [-0.2, 0) is 14.6 Å². The monoisotopic (exact) mass is 244 g/mol. The lowest BCUT2D eigenvalue weighted by molar-refractivity contribution is 0.197. The smallest absolute Gasteiger partial charge is 0.429 e. The molecule has 1 rings (SSSR count). The van der Waals surface area contributed by atoms with Crippen LogP contribution in [0.25, 0.3) is 0 Å². The summed E-state index contributed by atoms with van der Waals surface area (Å²) in [6.07, 6.45) is 0. The first-order valence-corrected chi connectivity index (χ1v) is 5.89. The second-order valence-corrected chi connectivity index (χ2v) is 4.90. The average Bonchev–Trinajstić information content (AvgIpc) is 2.27. The van der Waals surface area contributed by atoms with Gasteiger partial charge in [-0.15, -0.1) is 0 Å². The first-order valence-electron chi connectivity index (χ1n) is 4.41. The number of sulfone groups is 1. The van der Waals surface area contributed by atoms with E-state index in [1.165, 1.54) is 25.3 Å². The molecular formula is C10H12O5S. The molecule has 0 N–H and O–H groups in total. The van der Waals surface area contributed by atoms with Gasteiger partial charge in [-0.05, 0) is 30.7 Å². The standard InChI is InChI=1S/C10H12O5S/c1-7-6-8(4-5-9(7)14-2)16(12,13)10(11)15-3/h4-6H,1-3H3. The molecular weight excluding hydrogens is 232 g/mol. The Kier molecular flexibility index (Phi) is 3.54. The lowest BCUT2D eigenvalue weighted by Crippen LogP contribution is -2.14. The number of methoxy groups -OCH3 is 2. The third-order valence-electron chi connectivity index (χ3n) is 2.06. The van der Waals surface area contributed by atoms with Gasteiger partial charge in [0.05, 0.1) is 19.1 Å². The van der Waals surface area contributed by atoms with Gasteiger partial charge in [0.25, 0.3) is 9.84 Å². The molecule has 16 heavy (non-hydrogen) atoms. The Balaban J connectivity index is 3.26. The van der Waals surface area contributed by atoms with Crippen molar-refractivity contribution < 1.29 is 22.7 Å². The summed E-state index contributed by atoms with van der Waals surface area (Å²) in [6, 6.07) is 4.16. The molecule has 0 aliphatic carbocycles. The molecule has 0 amide bonds. The van der Waals surface area contributed by atoms with Gasteiger partial charge in [-0.3, -0.25) is 0 Å². The third kappa shape index (κ3) is 2.16. The molecule has 0 aromatic heterocycles. The van der Waals surface area contributed by atoms with E-state index in [9.17, 15) is 13.2 Å². The number of rotatable bonds is 2. The molecule has 0 saturated carbocycles. The number of carbonyl (C=O) groups is 1. The van der Waals surface area contributed by atoms with Crippen LogP contribution in [0.15, 0.2) is 23.1 Å². The Morgan fingerprint density at radius 1 is 1.25 bits per heavy atom. The summed E-state index contributed by atoms with van der Waals surface area (Å²) in [5, 5.41) is -1.27. The Labute approximate surface area is 93.9 Å². The van der Waals surface area contributed by atoms with E-state index in [0.29, 0.717) is 11.3 Å². The van der Waals surface area contributed by atoms with E-state index in [-0.39, 0.29) is 4.90 Å². The molecule has 0 radical (unpaired) electrons. The first kappa shape index (κ1) is 12.5. The number of ether oxygens (including phenoxy) is 2. The minimum atomic E-state index is -4.05. The van der Waals surface area contributed by atoms with Crippen molar-refractivity contribution in [2.24, 2.45) is 0 Å². The summed E-state index contributed by atoms with van der Waals surface area (Å²) < 4.78 is 32.4. The summed E-state index contributed by atoms with van der Waals surface area (Å²) in [6.45, 7) is 1.69. The largest absolute Gasteiger partial charge is 0.496 e. The van der Waals surface area contributed by atoms with E-state index in [1.54, 1.807) is 6.92 Å². The highest BCUT2D eigenvalue weighted by atomic mass is 32.2. The van der Waals surface area contributed by atoms with Gasteiger partial charge in [-0.25, -0.2) is 13.2 Å². The SMILES string of the molecule is COC(=O)S(=O)(=O)c1ccc(OC)c(C)c1. The van der Waals surface area contributed by atoms with Crippen molar-refractivity contribution in [3.8, 4) is 5.75 Å². The quantitative estimate of drug-likeness (QED) is 0.738. The fraction of sp³-hybridized carbons (Fsp3) is 0.300. The molecule has 0 heterocycles. The molecule has 0 fully saturated rings. The number of carbonyl (C=O) groups excluding carboxylic acids is 1. The number of hydrogen-bond acceptors (Lipinski definition) is 5. The Hall–Kier alpha value is -1.56. The maximum atomic E-state index is 11.6. The Morgan fingerprint density at radius 2 is 1.88 bits per heavy atom. The van der Waals surface area contributed by atoms with Gasteiger partial charge in [0.1, 0.15) is 5.75 Å². The van der Waals surface area contributed by atoms with Crippen molar-refractivity contribution in [3.05, 3.63) is 23.8 Å². The van der Waals surface area contributed by atoms with Crippen molar-refractivity contribution in [2.75, 3.05) is 14.2 Å². The van der Waals surface area contributed by atoms with Crippen molar-refractivity contribution in [1.29, 1.82) is 0 Å². The van der Waals surface area contributed by atoms with Gasteiger partial charge >= 0.3 is 5.30 Å². The summed E-state index contributed by atoms with van der Waals surface area (Å²) >= 11 is 0. The third-order valence-corrected chi connectivity index (χ3v) is 3.54. The van der Waals surface area contributed by atoms with E-state index >= 15 is 0 Å². The van der Waals surface area contributed by atoms with Gasteiger partial charge in [-0.1, -0.05) is 0 Å². The molecule has 1 aromatic rings. The van der Waals surface area contributed by atoms with E-state index in [1.807, 2.05) is 0 Å². The topological polar surface area (TPSA) is 69.7 Å². The highest BCUT2D eigenvalue weighted by Gasteiger charge is 2.26. The fourth-order valence-electron chi connectivity index (χ4n) is 1.22. The number of benzene rings is 1. The van der Waals surface area contributed by atoms with Crippen molar-refractivity contribution in [1.82, 2.24) is 0 Å². The maximum Gasteiger partial charge on any atom is 0.429 e. The summed E-state index contributed by atoms with van der Waals surface area (Å²) in [4.78, 5) is 11.0. The predicted octanol–water partition coefficient (Wildman–Crippen LogP) is 1.54. The number of aryl methyl sites for hydroxylation is 1.